The average Bonchev–Trinajstić information content (AvgIpc) is 3.23. The molecule has 3 aromatic rings. The van der Waals surface area contributed by atoms with Gasteiger partial charge in [-0.15, -0.1) is 36.2 Å². The smallest absolute Gasteiger partial charge is 0.267 e. The van der Waals surface area contributed by atoms with Crippen LogP contribution in [0.5, 0.6) is 0 Å². The number of anilines is 1. The molecule has 2 aromatic heterocycles. The van der Waals surface area contributed by atoms with Crippen LogP contribution in [0, 0.1) is 19.7 Å². The van der Waals surface area contributed by atoms with E-state index in [1.54, 1.807) is 13.0 Å². The maximum Gasteiger partial charge on any atom is 0.267 e. The van der Waals surface area contributed by atoms with Gasteiger partial charge < -0.3 is 15.1 Å². The van der Waals surface area contributed by atoms with E-state index >= 15 is 0 Å². The minimum atomic E-state index is -0.359. The van der Waals surface area contributed by atoms with Gasteiger partial charge in [0.25, 0.3) is 5.91 Å². The Morgan fingerprint density at radius 1 is 1.25 bits per heavy atom. The number of halogens is 3. The van der Waals surface area contributed by atoms with Crippen LogP contribution in [0.1, 0.15) is 32.3 Å². The third-order valence-electron chi connectivity index (χ3n) is 4.41. The highest BCUT2D eigenvalue weighted by Gasteiger charge is 2.21. The number of nitrogens with one attached hydrogen (secondary N) is 2. The summed E-state index contributed by atoms with van der Waals surface area (Å²) in [5.74, 6) is 0.704. The summed E-state index contributed by atoms with van der Waals surface area (Å²) in [4.78, 5) is 17.5. The molecule has 9 heteroatoms. The van der Waals surface area contributed by atoms with Crippen LogP contribution in [0.3, 0.4) is 0 Å². The highest BCUT2D eigenvalue weighted by Crippen LogP contribution is 2.31. The molecule has 0 fully saturated rings. The third-order valence-corrected chi connectivity index (χ3v) is 5.58. The van der Waals surface area contributed by atoms with Crippen LogP contribution < -0.4 is 10.6 Å². The zero-order valence-corrected chi connectivity index (χ0v) is 17.7. The maximum absolute atomic E-state index is 14.7. The predicted octanol–water partition coefficient (Wildman–Crippen LogP) is 4.90. The molecule has 28 heavy (non-hydrogen) atoms. The lowest BCUT2D eigenvalue weighted by Gasteiger charge is -2.19. The van der Waals surface area contributed by atoms with E-state index in [9.17, 15) is 9.18 Å². The highest BCUT2D eigenvalue weighted by atomic mass is 35.5. The largest absolute Gasteiger partial charge is 0.459 e. The second-order valence-electron chi connectivity index (χ2n) is 6.29. The summed E-state index contributed by atoms with van der Waals surface area (Å²) in [6.07, 6.45) is 0.618. The molecule has 0 saturated carbocycles. The lowest BCUT2D eigenvalue weighted by atomic mass is 9.99. The van der Waals surface area contributed by atoms with E-state index in [-0.39, 0.29) is 42.2 Å². The van der Waals surface area contributed by atoms with Gasteiger partial charge in [0.2, 0.25) is 0 Å². The van der Waals surface area contributed by atoms with Crippen molar-refractivity contribution in [2.75, 3.05) is 11.9 Å². The number of fused-ring (bicyclic) bond motifs is 1. The minimum Gasteiger partial charge on any atom is -0.459 e. The van der Waals surface area contributed by atoms with Gasteiger partial charge in [-0.2, -0.15) is 0 Å². The van der Waals surface area contributed by atoms with E-state index in [2.05, 4.69) is 15.6 Å². The fraction of sp³-hybridized carbons (Fsp3) is 0.263. The summed E-state index contributed by atoms with van der Waals surface area (Å²) >= 11 is 1.24. The average molecular weight is 444 g/mol. The van der Waals surface area contributed by atoms with Crippen molar-refractivity contribution >= 4 is 47.7 Å². The van der Waals surface area contributed by atoms with Crippen LogP contribution in [0.4, 0.5) is 10.1 Å². The second kappa shape index (κ2) is 9.05. The first kappa shape index (κ1) is 22.4. The summed E-state index contributed by atoms with van der Waals surface area (Å²) in [7, 11) is 0. The van der Waals surface area contributed by atoms with E-state index in [0.29, 0.717) is 39.9 Å². The van der Waals surface area contributed by atoms with Crippen molar-refractivity contribution in [2.45, 2.75) is 26.8 Å². The first-order valence-corrected chi connectivity index (χ1v) is 9.21. The molecule has 0 saturated heterocycles. The number of carbonyl (C=O) groups is 1. The monoisotopic (exact) mass is 443 g/mol. The Bertz CT molecular complexity index is 1000. The second-order valence-corrected chi connectivity index (χ2v) is 7.29. The first-order chi connectivity index (χ1) is 12.5. The molecule has 1 aliphatic heterocycles. The molecule has 0 atom stereocenters. The van der Waals surface area contributed by atoms with Gasteiger partial charge in [0.15, 0.2) is 10.8 Å². The Hall–Kier alpha value is -1.93. The molecule has 2 N–H and O–H groups in total. The molecular weight excluding hydrogens is 424 g/mol. The molecule has 0 unspecified atom stereocenters. The first-order valence-electron chi connectivity index (χ1n) is 8.39. The molecule has 1 aliphatic rings. The van der Waals surface area contributed by atoms with Crippen molar-refractivity contribution in [2.24, 2.45) is 0 Å². The standard InChI is InChI=1S/C19H18FN3O2S.2ClH/c1-10-3-6-15(25-10)19-22-11(2)17(26-19)18(24)23-14-5-4-12-9-21-8-7-13(12)16(14)20;;/h3-6,21H,7-9H2,1-2H3,(H,23,24);2*1H. The fourth-order valence-corrected chi connectivity index (χ4v) is 3.99. The lowest BCUT2D eigenvalue weighted by molar-refractivity contribution is 0.102. The summed E-state index contributed by atoms with van der Waals surface area (Å²) in [6.45, 7) is 5.01. The molecule has 4 rings (SSSR count). The quantitative estimate of drug-likeness (QED) is 0.603. The summed E-state index contributed by atoms with van der Waals surface area (Å²) in [6, 6.07) is 7.15. The number of nitrogens with zero attached hydrogens (tertiary/aromatic N) is 1. The van der Waals surface area contributed by atoms with Gasteiger partial charge in [-0.25, -0.2) is 9.37 Å². The lowest BCUT2D eigenvalue weighted by Crippen LogP contribution is -2.25. The zero-order valence-electron chi connectivity index (χ0n) is 15.3. The molecular formula is C19H20Cl2FN3O2S. The number of amides is 1. The summed E-state index contributed by atoms with van der Waals surface area (Å²) < 4.78 is 20.3. The molecule has 150 valence electrons. The van der Waals surface area contributed by atoms with Crippen LogP contribution in [0.25, 0.3) is 10.8 Å². The molecule has 3 heterocycles. The Kier molecular flexibility index (Phi) is 7.22. The maximum atomic E-state index is 14.7. The van der Waals surface area contributed by atoms with Gasteiger partial charge in [0.1, 0.15) is 16.5 Å². The number of benzene rings is 1. The van der Waals surface area contributed by atoms with Crippen molar-refractivity contribution in [1.29, 1.82) is 0 Å². The molecule has 0 aliphatic carbocycles. The van der Waals surface area contributed by atoms with E-state index in [1.165, 1.54) is 11.3 Å². The third kappa shape index (κ3) is 4.22. The van der Waals surface area contributed by atoms with Crippen LogP contribution in [-0.4, -0.2) is 17.4 Å². The number of aromatic nitrogens is 1. The van der Waals surface area contributed by atoms with Gasteiger partial charge >= 0.3 is 0 Å². The number of hydrogen-bond donors (Lipinski definition) is 2. The Balaban J connectivity index is 0.00000140. The van der Waals surface area contributed by atoms with Crippen LogP contribution in [0.2, 0.25) is 0 Å². The van der Waals surface area contributed by atoms with Crippen LogP contribution in [-0.2, 0) is 13.0 Å². The number of carbonyl (C=O) groups excluding carboxylic acids is 1. The van der Waals surface area contributed by atoms with Gasteiger partial charge in [-0.05, 0) is 56.1 Å². The number of hydrogen-bond acceptors (Lipinski definition) is 5. The molecule has 1 aromatic carbocycles. The number of rotatable bonds is 3. The Morgan fingerprint density at radius 3 is 2.75 bits per heavy atom. The summed E-state index contributed by atoms with van der Waals surface area (Å²) in [5.41, 5.74) is 2.42. The Morgan fingerprint density at radius 2 is 2.04 bits per heavy atom. The highest BCUT2D eigenvalue weighted by molar-refractivity contribution is 7.17. The Labute approximate surface area is 178 Å². The molecule has 5 nitrogen and oxygen atoms in total. The predicted molar refractivity (Wildman–Crippen MR) is 114 cm³/mol. The van der Waals surface area contributed by atoms with Gasteiger partial charge in [-0.1, -0.05) is 6.07 Å². The SMILES string of the molecule is Cc1ccc(-c2nc(C)c(C(=O)Nc3ccc4c(c3F)CCNC4)s2)o1.Cl.Cl. The van der Waals surface area contributed by atoms with E-state index in [0.717, 1.165) is 17.9 Å². The molecule has 0 bridgehead atoms. The van der Waals surface area contributed by atoms with Crippen molar-refractivity contribution in [1.82, 2.24) is 10.3 Å². The van der Waals surface area contributed by atoms with Crippen molar-refractivity contribution in [3.05, 3.63) is 57.5 Å². The normalized spacial score (nSPS) is 12.5. The van der Waals surface area contributed by atoms with Crippen LogP contribution >= 0.6 is 36.2 Å². The van der Waals surface area contributed by atoms with Crippen LogP contribution in [0.15, 0.2) is 28.7 Å². The van der Waals surface area contributed by atoms with Crippen molar-refractivity contribution < 1.29 is 13.6 Å². The van der Waals surface area contributed by atoms with E-state index < -0.39 is 0 Å². The molecule has 1 amide bonds. The molecule has 0 spiro atoms. The molecule has 0 radical (unpaired) electrons. The van der Waals surface area contributed by atoms with Crippen molar-refractivity contribution in [3.63, 3.8) is 0 Å². The minimum absolute atomic E-state index is 0. The summed E-state index contributed by atoms with van der Waals surface area (Å²) in [5, 5.41) is 6.54. The van der Waals surface area contributed by atoms with Crippen molar-refractivity contribution in [3.8, 4) is 10.8 Å². The van der Waals surface area contributed by atoms with Gasteiger partial charge in [0, 0.05) is 6.54 Å². The van der Waals surface area contributed by atoms with Gasteiger partial charge in [0.05, 0.1) is 11.4 Å². The topological polar surface area (TPSA) is 67.2 Å². The zero-order chi connectivity index (χ0) is 18.3. The number of thiazole rings is 1. The van der Waals surface area contributed by atoms with E-state index in [1.807, 2.05) is 25.1 Å². The number of aryl methyl sites for hydroxylation is 2. The number of furan rings is 1. The van der Waals surface area contributed by atoms with E-state index in [4.69, 9.17) is 4.42 Å². The fourth-order valence-electron chi connectivity index (χ4n) is 3.07. The van der Waals surface area contributed by atoms with Gasteiger partial charge in [-0.3, -0.25) is 4.79 Å².